The molecule has 100 valence electrons. The maximum Gasteiger partial charge on any atom is 0.218 e. The predicted octanol–water partition coefficient (Wildman–Crippen LogP) is 0.842. The largest absolute Gasteiger partial charge is 0.369 e. The number of aliphatic imine (C=N–C) groups is 2. The van der Waals surface area contributed by atoms with Crippen molar-refractivity contribution in [2.75, 3.05) is 20.6 Å². The summed E-state index contributed by atoms with van der Waals surface area (Å²) < 4.78 is 0. The molecule has 4 N–H and O–H groups in total. The van der Waals surface area contributed by atoms with Crippen LogP contribution in [0.15, 0.2) is 40.3 Å². The highest BCUT2D eigenvalue weighted by molar-refractivity contribution is 5.93. The van der Waals surface area contributed by atoms with Gasteiger partial charge in [-0.2, -0.15) is 4.99 Å². The molecule has 0 fully saturated rings. The van der Waals surface area contributed by atoms with Crippen molar-refractivity contribution in [3.05, 3.63) is 35.9 Å². The molecule has 6 heteroatoms. The lowest BCUT2D eigenvalue weighted by Crippen LogP contribution is -2.32. The highest BCUT2D eigenvalue weighted by atomic mass is 35.5. The highest BCUT2D eigenvalue weighted by Gasteiger charge is 1.96. The van der Waals surface area contributed by atoms with Gasteiger partial charge in [0, 0.05) is 20.6 Å². The first kappa shape index (κ1) is 16.2. The van der Waals surface area contributed by atoms with Crippen LogP contribution in [0.3, 0.4) is 0 Å². The van der Waals surface area contributed by atoms with E-state index in [1.807, 2.05) is 18.2 Å². The van der Waals surface area contributed by atoms with E-state index >= 15 is 0 Å². The number of nitrogens with two attached hydrogens (primary N) is 2. The quantitative estimate of drug-likeness (QED) is 0.630. The predicted molar refractivity (Wildman–Crippen MR) is 79.2 cm³/mol. The lowest BCUT2D eigenvalue weighted by atomic mass is 10.2. The number of hydrogen-bond acceptors (Lipinski definition) is 1. The molecule has 0 bridgehead atoms. The number of hydrogen-bond donors (Lipinski definition) is 2. The summed E-state index contributed by atoms with van der Waals surface area (Å²) >= 11 is 0. The lowest BCUT2D eigenvalue weighted by Gasteiger charge is -2.09. The number of rotatable bonds is 3. The molecule has 0 aromatic heterocycles. The van der Waals surface area contributed by atoms with Gasteiger partial charge in [-0.15, -0.1) is 12.4 Å². The van der Waals surface area contributed by atoms with Crippen LogP contribution in [0.4, 0.5) is 0 Å². The van der Waals surface area contributed by atoms with Gasteiger partial charge in [0.15, 0.2) is 5.96 Å². The van der Waals surface area contributed by atoms with Crippen molar-refractivity contribution >= 4 is 24.3 Å². The van der Waals surface area contributed by atoms with Crippen LogP contribution in [0.25, 0.3) is 0 Å². The van der Waals surface area contributed by atoms with Gasteiger partial charge in [0.05, 0.1) is 0 Å². The Morgan fingerprint density at radius 1 is 1.17 bits per heavy atom. The molecule has 0 heterocycles. The fourth-order valence-corrected chi connectivity index (χ4v) is 1.20. The molecule has 5 nitrogen and oxygen atoms in total. The molecule has 1 rings (SSSR count). The molecule has 0 saturated carbocycles. The smallest absolute Gasteiger partial charge is 0.218 e. The van der Waals surface area contributed by atoms with Crippen LogP contribution in [-0.4, -0.2) is 37.5 Å². The molecular formula is C12H20ClN5. The second-order valence-electron chi connectivity index (χ2n) is 3.84. The maximum absolute atomic E-state index is 5.63. The van der Waals surface area contributed by atoms with E-state index in [0.29, 0.717) is 12.5 Å². The van der Waals surface area contributed by atoms with Crippen LogP contribution in [0.1, 0.15) is 5.56 Å². The van der Waals surface area contributed by atoms with Crippen molar-refractivity contribution in [1.29, 1.82) is 0 Å². The summed E-state index contributed by atoms with van der Waals surface area (Å²) in [6, 6.07) is 10.1. The first-order valence-corrected chi connectivity index (χ1v) is 5.45. The molecule has 0 aliphatic heterocycles. The summed E-state index contributed by atoms with van der Waals surface area (Å²) in [6.07, 6.45) is 0.846. The molecule has 0 spiro atoms. The van der Waals surface area contributed by atoms with Crippen LogP contribution in [0.5, 0.6) is 0 Å². The average Bonchev–Trinajstić information content (AvgIpc) is 2.30. The minimum Gasteiger partial charge on any atom is -0.369 e. The van der Waals surface area contributed by atoms with E-state index in [1.54, 1.807) is 19.0 Å². The second-order valence-corrected chi connectivity index (χ2v) is 3.84. The van der Waals surface area contributed by atoms with E-state index in [2.05, 4.69) is 22.1 Å². The Hall–Kier alpha value is -1.75. The van der Waals surface area contributed by atoms with Gasteiger partial charge >= 0.3 is 0 Å². The second kappa shape index (κ2) is 8.36. The molecule has 0 radical (unpaired) electrons. The van der Waals surface area contributed by atoms with E-state index in [-0.39, 0.29) is 18.4 Å². The van der Waals surface area contributed by atoms with Gasteiger partial charge in [-0.3, -0.25) is 4.99 Å². The monoisotopic (exact) mass is 269 g/mol. The minimum atomic E-state index is 0. The van der Waals surface area contributed by atoms with E-state index in [0.717, 1.165) is 6.42 Å². The summed E-state index contributed by atoms with van der Waals surface area (Å²) in [6.45, 7) is 0.611. The van der Waals surface area contributed by atoms with E-state index in [4.69, 9.17) is 11.5 Å². The molecular weight excluding hydrogens is 250 g/mol. The normalized spacial score (nSPS) is 11.9. The maximum atomic E-state index is 5.63. The van der Waals surface area contributed by atoms with E-state index < -0.39 is 0 Å². The Morgan fingerprint density at radius 3 is 2.33 bits per heavy atom. The van der Waals surface area contributed by atoms with Gasteiger partial charge in [-0.1, -0.05) is 30.3 Å². The Morgan fingerprint density at radius 2 is 1.78 bits per heavy atom. The molecule has 1 aromatic carbocycles. The topological polar surface area (TPSA) is 80.0 Å². The van der Waals surface area contributed by atoms with Crippen LogP contribution in [0, 0.1) is 0 Å². The number of halogens is 1. The third-order valence-corrected chi connectivity index (χ3v) is 2.20. The van der Waals surface area contributed by atoms with Crippen LogP contribution in [-0.2, 0) is 6.42 Å². The summed E-state index contributed by atoms with van der Waals surface area (Å²) in [5.74, 6) is 0.568. The van der Waals surface area contributed by atoms with E-state index in [1.165, 1.54) is 5.56 Å². The third kappa shape index (κ3) is 6.10. The average molecular weight is 270 g/mol. The number of benzene rings is 1. The zero-order valence-electron chi connectivity index (χ0n) is 10.7. The fraction of sp³-hybridized carbons (Fsp3) is 0.333. The molecule has 1 aromatic rings. The standard InChI is InChI=1S/C12H19N5.ClH/c1-17(2)12(14)16-11(13)15-9-8-10-6-4-3-5-7-10;/h3-7H,8-9H2,1-2H3,(H4,13,14,15,16);1H. The zero-order valence-corrected chi connectivity index (χ0v) is 11.5. The van der Waals surface area contributed by atoms with Gasteiger partial charge in [0.2, 0.25) is 5.96 Å². The number of guanidine groups is 2. The highest BCUT2D eigenvalue weighted by Crippen LogP contribution is 1.99. The fourth-order valence-electron chi connectivity index (χ4n) is 1.20. The summed E-state index contributed by atoms with van der Waals surface area (Å²) in [7, 11) is 3.60. The Balaban J connectivity index is 0.00000289. The third-order valence-electron chi connectivity index (χ3n) is 2.20. The van der Waals surface area contributed by atoms with Crippen LogP contribution in [0.2, 0.25) is 0 Å². The molecule has 0 atom stereocenters. The van der Waals surface area contributed by atoms with Crippen LogP contribution >= 0.6 is 12.4 Å². The molecule has 18 heavy (non-hydrogen) atoms. The lowest BCUT2D eigenvalue weighted by molar-refractivity contribution is 0.615. The zero-order chi connectivity index (χ0) is 12.7. The first-order valence-electron chi connectivity index (χ1n) is 5.45. The SMILES string of the molecule is CN(C)C(N)=NC(N)=NCCc1ccccc1.Cl. The molecule has 0 aliphatic carbocycles. The van der Waals surface area contributed by atoms with Crippen LogP contribution < -0.4 is 11.5 Å². The minimum absolute atomic E-state index is 0. The van der Waals surface area contributed by atoms with Crippen molar-refractivity contribution in [3.8, 4) is 0 Å². The molecule has 0 saturated heterocycles. The van der Waals surface area contributed by atoms with E-state index in [9.17, 15) is 0 Å². The summed E-state index contributed by atoms with van der Waals surface area (Å²) in [5.41, 5.74) is 12.5. The van der Waals surface area contributed by atoms with Crippen molar-refractivity contribution in [3.63, 3.8) is 0 Å². The van der Waals surface area contributed by atoms with Gasteiger partial charge in [-0.25, -0.2) is 0 Å². The Kier molecular flexibility index (Phi) is 7.54. The Labute approximate surface area is 114 Å². The van der Waals surface area contributed by atoms with Gasteiger partial charge in [0.1, 0.15) is 0 Å². The molecule has 0 amide bonds. The van der Waals surface area contributed by atoms with Crippen molar-refractivity contribution in [2.24, 2.45) is 21.5 Å². The van der Waals surface area contributed by atoms with Crippen molar-refractivity contribution in [2.45, 2.75) is 6.42 Å². The van der Waals surface area contributed by atoms with Crippen molar-refractivity contribution < 1.29 is 0 Å². The van der Waals surface area contributed by atoms with Gasteiger partial charge in [0.25, 0.3) is 0 Å². The van der Waals surface area contributed by atoms with Gasteiger partial charge < -0.3 is 16.4 Å². The van der Waals surface area contributed by atoms with Crippen molar-refractivity contribution in [1.82, 2.24) is 4.90 Å². The van der Waals surface area contributed by atoms with Gasteiger partial charge in [-0.05, 0) is 12.0 Å². The molecule has 0 aliphatic rings. The number of nitrogens with zero attached hydrogens (tertiary/aromatic N) is 3. The molecule has 0 unspecified atom stereocenters. The Bertz CT molecular complexity index is 400. The summed E-state index contributed by atoms with van der Waals surface area (Å²) in [4.78, 5) is 9.78. The first-order chi connectivity index (χ1) is 8.09. The summed E-state index contributed by atoms with van der Waals surface area (Å²) in [5, 5.41) is 0.